The summed E-state index contributed by atoms with van der Waals surface area (Å²) in [5, 5.41) is 0. The molecular formula is C14H15F2NO4. The van der Waals surface area contributed by atoms with Crippen molar-refractivity contribution in [3.8, 4) is 5.75 Å². The number of hydrogen-bond acceptors (Lipinski definition) is 5. The molecule has 0 aliphatic heterocycles. The Balaban J connectivity index is 3.24. The Kier molecular flexibility index (Phi) is 5.83. The summed E-state index contributed by atoms with van der Waals surface area (Å²) in [4.78, 5) is 25.5. The van der Waals surface area contributed by atoms with E-state index in [1.165, 1.54) is 35.4 Å². The SMILES string of the molecule is COC(=O)/C(=C\N(C)C)C(=O)c1ccccc1OC(F)F. The van der Waals surface area contributed by atoms with Crippen LogP contribution in [-0.2, 0) is 9.53 Å². The highest BCUT2D eigenvalue weighted by molar-refractivity contribution is 6.24. The zero-order valence-electron chi connectivity index (χ0n) is 11.8. The fraction of sp³-hybridized carbons (Fsp3) is 0.286. The molecule has 0 heterocycles. The van der Waals surface area contributed by atoms with Gasteiger partial charge in [0, 0.05) is 20.3 Å². The number of carbonyl (C=O) groups excluding carboxylic acids is 2. The van der Waals surface area contributed by atoms with Gasteiger partial charge in [-0.1, -0.05) is 12.1 Å². The van der Waals surface area contributed by atoms with Gasteiger partial charge in [-0.2, -0.15) is 8.78 Å². The molecule has 0 unspecified atom stereocenters. The molecule has 0 saturated heterocycles. The quantitative estimate of drug-likeness (QED) is 0.265. The summed E-state index contributed by atoms with van der Waals surface area (Å²) in [5.41, 5.74) is -0.427. The van der Waals surface area contributed by atoms with E-state index >= 15 is 0 Å². The first-order chi connectivity index (χ1) is 9.86. The normalized spacial score (nSPS) is 11.2. The highest BCUT2D eigenvalue weighted by atomic mass is 19.3. The van der Waals surface area contributed by atoms with Crippen molar-refractivity contribution >= 4 is 11.8 Å². The van der Waals surface area contributed by atoms with Crippen LogP contribution in [0.15, 0.2) is 36.0 Å². The number of carbonyl (C=O) groups is 2. The minimum atomic E-state index is -3.07. The summed E-state index contributed by atoms with van der Waals surface area (Å²) in [6.45, 7) is -3.07. The summed E-state index contributed by atoms with van der Waals surface area (Å²) in [6, 6.07) is 5.45. The van der Waals surface area contributed by atoms with Crippen molar-refractivity contribution < 1.29 is 27.8 Å². The average Bonchev–Trinajstić information content (AvgIpc) is 2.43. The molecule has 0 N–H and O–H groups in total. The molecule has 0 atom stereocenters. The van der Waals surface area contributed by atoms with Crippen LogP contribution in [0.1, 0.15) is 10.4 Å². The highest BCUT2D eigenvalue weighted by Gasteiger charge is 2.24. The number of nitrogens with zero attached hydrogens (tertiary/aromatic N) is 1. The second-order valence-electron chi connectivity index (χ2n) is 4.20. The molecule has 7 heteroatoms. The lowest BCUT2D eigenvalue weighted by atomic mass is 10.0. The number of halogens is 2. The van der Waals surface area contributed by atoms with Crippen LogP contribution in [0, 0.1) is 0 Å². The summed E-state index contributed by atoms with van der Waals surface area (Å²) in [6.07, 6.45) is 1.26. The predicted molar refractivity (Wildman–Crippen MR) is 71.2 cm³/mol. The third-order valence-corrected chi connectivity index (χ3v) is 2.38. The number of hydrogen-bond donors (Lipinski definition) is 0. The number of Topliss-reactive ketones (excluding diaryl/α,β-unsaturated/α-hetero) is 1. The Morgan fingerprint density at radius 3 is 2.38 bits per heavy atom. The van der Waals surface area contributed by atoms with Crippen LogP contribution in [0.2, 0.25) is 0 Å². The average molecular weight is 299 g/mol. The van der Waals surface area contributed by atoms with E-state index in [1.54, 1.807) is 14.1 Å². The second-order valence-corrected chi connectivity index (χ2v) is 4.20. The van der Waals surface area contributed by atoms with Crippen LogP contribution in [0.4, 0.5) is 8.78 Å². The maximum atomic E-state index is 12.4. The van der Waals surface area contributed by atoms with Gasteiger partial charge in [0.1, 0.15) is 11.3 Å². The third-order valence-electron chi connectivity index (χ3n) is 2.38. The first-order valence-corrected chi connectivity index (χ1v) is 5.92. The van der Waals surface area contributed by atoms with Crippen LogP contribution in [0.3, 0.4) is 0 Å². The van der Waals surface area contributed by atoms with Gasteiger partial charge in [-0.25, -0.2) is 4.79 Å². The molecule has 0 aromatic heterocycles. The molecule has 0 fully saturated rings. The number of para-hydroxylation sites is 1. The molecule has 0 bridgehead atoms. The van der Waals surface area contributed by atoms with Gasteiger partial charge in [-0.05, 0) is 12.1 Å². The number of alkyl halides is 2. The molecule has 0 saturated carbocycles. The van der Waals surface area contributed by atoms with E-state index in [9.17, 15) is 18.4 Å². The van der Waals surface area contributed by atoms with Crippen molar-refractivity contribution in [2.45, 2.75) is 6.61 Å². The molecule has 0 radical (unpaired) electrons. The Hall–Kier alpha value is -2.44. The fourth-order valence-corrected chi connectivity index (χ4v) is 1.57. The molecule has 0 amide bonds. The topological polar surface area (TPSA) is 55.8 Å². The number of ketones is 1. The van der Waals surface area contributed by atoms with E-state index in [1.807, 2.05) is 0 Å². The molecule has 5 nitrogen and oxygen atoms in total. The molecule has 0 spiro atoms. The minimum Gasteiger partial charge on any atom is -0.465 e. The highest BCUT2D eigenvalue weighted by Crippen LogP contribution is 2.23. The first-order valence-electron chi connectivity index (χ1n) is 5.92. The van der Waals surface area contributed by atoms with Crippen molar-refractivity contribution in [1.82, 2.24) is 4.90 Å². The smallest absolute Gasteiger partial charge is 0.387 e. The van der Waals surface area contributed by atoms with Gasteiger partial charge in [0.15, 0.2) is 0 Å². The number of ether oxygens (including phenoxy) is 2. The Morgan fingerprint density at radius 2 is 1.86 bits per heavy atom. The lowest BCUT2D eigenvalue weighted by molar-refractivity contribution is -0.135. The second kappa shape index (κ2) is 7.37. The van der Waals surface area contributed by atoms with Crippen LogP contribution >= 0.6 is 0 Å². The van der Waals surface area contributed by atoms with Crippen LogP contribution in [0.25, 0.3) is 0 Å². The number of methoxy groups -OCH3 is 1. The van der Waals surface area contributed by atoms with E-state index in [0.29, 0.717) is 0 Å². The Labute approximate surface area is 120 Å². The summed E-state index contributed by atoms with van der Waals surface area (Å²) >= 11 is 0. The van der Waals surface area contributed by atoms with E-state index < -0.39 is 18.4 Å². The van der Waals surface area contributed by atoms with Crippen LogP contribution < -0.4 is 4.74 Å². The largest absolute Gasteiger partial charge is 0.465 e. The Morgan fingerprint density at radius 1 is 1.24 bits per heavy atom. The van der Waals surface area contributed by atoms with Crippen molar-refractivity contribution in [3.63, 3.8) is 0 Å². The minimum absolute atomic E-state index is 0.142. The van der Waals surface area contributed by atoms with Crippen molar-refractivity contribution in [2.24, 2.45) is 0 Å². The molecular weight excluding hydrogens is 284 g/mol. The predicted octanol–water partition coefficient (Wildman–Crippen LogP) is 2.09. The summed E-state index contributed by atoms with van der Waals surface area (Å²) in [5.74, 6) is -1.92. The lowest BCUT2D eigenvalue weighted by Crippen LogP contribution is -2.19. The van der Waals surface area contributed by atoms with E-state index in [0.717, 1.165) is 7.11 Å². The zero-order valence-corrected chi connectivity index (χ0v) is 11.8. The van der Waals surface area contributed by atoms with Gasteiger partial charge in [0.05, 0.1) is 12.7 Å². The number of esters is 1. The van der Waals surface area contributed by atoms with E-state index in [-0.39, 0.29) is 16.9 Å². The number of rotatable bonds is 6. The van der Waals surface area contributed by atoms with Gasteiger partial charge in [0.25, 0.3) is 0 Å². The van der Waals surface area contributed by atoms with Crippen molar-refractivity contribution in [1.29, 1.82) is 0 Å². The summed E-state index contributed by atoms with van der Waals surface area (Å²) < 4.78 is 33.5. The summed E-state index contributed by atoms with van der Waals surface area (Å²) in [7, 11) is 4.34. The van der Waals surface area contributed by atoms with Gasteiger partial charge in [-0.15, -0.1) is 0 Å². The van der Waals surface area contributed by atoms with Gasteiger partial charge >= 0.3 is 12.6 Å². The fourth-order valence-electron chi connectivity index (χ4n) is 1.57. The monoisotopic (exact) mass is 299 g/mol. The van der Waals surface area contributed by atoms with Gasteiger partial charge < -0.3 is 14.4 Å². The maximum Gasteiger partial charge on any atom is 0.387 e. The van der Waals surface area contributed by atoms with Crippen LogP contribution in [-0.4, -0.2) is 44.5 Å². The molecule has 1 aromatic rings. The lowest BCUT2D eigenvalue weighted by Gasteiger charge is -2.12. The van der Waals surface area contributed by atoms with Gasteiger partial charge in [-0.3, -0.25) is 4.79 Å². The van der Waals surface area contributed by atoms with Crippen LogP contribution in [0.5, 0.6) is 5.75 Å². The molecule has 21 heavy (non-hydrogen) atoms. The standard InChI is InChI=1S/C14H15F2NO4/c1-17(2)8-10(13(19)20-3)12(18)9-6-4-5-7-11(9)21-14(15)16/h4-8,14H,1-3H3/b10-8-. The van der Waals surface area contributed by atoms with E-state index in [4.69, 9.17) is 0 Å². The molecule has 0 aliphatic carbocycles. The van der Waals surface area contributed by atoms with Crippen molar-refractivity contribution in [2.75, 3.05) is 21.2 Å². The maximum absolute atomic E-state index is 12.4. The molecule has 1 aromatic carbocycles. The molecule has 1 rings (SSSR count). The molecule has 114 valence electrons. The Bertz CT molecular complexity index is 556. The first kappa shape index (κ1) is 16.6. The molecule has 0 aliphatic rings. The zero-order chi connectivity index (χ0) is 16.0. The third kappa shape index (κ3) is 4.55. The van der Waals surface area contributed by atoms with Crippen molar-refractivity contribution in [3.05, 3.63) is 41.6 Å². The van der Waals surface area contributed by atoms with E-state index in [2.05, 4.69) is 9.47 Å². The number of benzene rings is 1. The van der Waals surface area contributed by atoms with Gasteiger partial charge in [0.2, 0.25) is 5.78 Å².